The maximum atomic E-state index is 11.9. The van der Waals surface area contributed by atoms with Crippen LogP contribution in [0.15, 0.2) is 0 Å². The third kappa shape index (κ3) is 2.37. The van der Waals surface area contributed by atoms with Crippen molar-refractivity contribution in [2.24, 2.45) is 0 Å². The summed E-state index contributed by atoms with van der Waals surface area (Å²) in [5.41, 5.74) is 3.46. The molecule has 0 spiro atoms. The smallest absolute Gasteiger partial charge is 0.238 e. The number of aryl methyl sites for hydroxylation is 2. The fourth-order valence-electron chi connectivity index (χ4n) is 3.01. The zero-order valence-electron chi connectivity index (χ0n) is 11.6. The standard InChI is InChI=1S/C13H21N5O/c1-9-11(10(2)16-15-9)7-17-5-6-18-4-3-14-13(19)12(18)8-17/h12H,3-8H2,1-2H3,(H,14,19)(H,15,16). The fraction of sp³-hybridized carbons (Fsp3) is 0.692. The van der Waals surface area contributed by atoms with E-state index in [1.54, 1.807) is 0 Å². The number of piperazine rings is 2. The summed E-state index contributed by atoms with van der Waals surface area (Å²) in [4.78, 5) is 16.6. The van der Waals surface area contributed by atoms with Crippen LogP contribution in [0.25, 0.3) is 0 Å². The molecule has 2 aliphatic rings. The normalized spacial score (nSPS) is 25.2. The number of aromatic nitrogens is 2. The molecule has 0 bridgehead atoms. The maximum absolute atomic E-state index is 11.9. The zero-order valence-corrected chi connectivity index (χ0v) is 11.6. The first kappa shape index (κ1) is 12.6. The van der Waals surface area contributed by atoms with Crippen molar-refractivity contribution in [1.82, 2.24) is 25.3 Å². The van der Waals surface area contributed by atoms with Gasteiger partial charge in [-0.1, -0.05) is 0 Å². The molecule has 3 rings (SSSR count). The van der Waals surface area contributed by atoms with Crippen LogP contribution >= 0.6 is 0 Å². The first-order chi connectivity index (χ1) is 9.15. The molecule has 2 saturated heterocycles. The van der Waals surface area contributed by atoms with Gasteiger partial charge in [0.05, 0.1) is 5.69 Å². The van der Waals surface area contributed by atoms with Gasteiger partial charge in [-0.25, -0.2) is 0 Å². The van der Waals surface area contributed by atoms with Crippen molar-refractivity contribution in [3.8, 4) is 0 Å². The summed E-state index contributed by atoms with van der Waals surface area (Å²) in [5, 5.41) is 10.2. The topological polar surface area (TPSA) is 64.3 Å². The van der Waals surface area contributed by atoms with Crippen LogP contribution in [-0.2, 0) is 11.3 Å². The van der Waals surface area contributed by atoms with E-state index in [4.69, 9.17) is 0 Å². The molecule has 2 N–H and O–H groups in total. The number of H-pyrrole nitrogens is 1. The Bertz CT molecular complexity index is 464. The number of nitrogens with one attached hydrogen (secondary N) is 2. The number of rotatable bonds is 2. The Kier molecular flexibility index (Phi) is 3.28. The van der Waals surface area contributed by atoms with Gasteiger partial charge in [-0.2, -0.15) is 5.10 Å². The van der Waals surface area contributed by atoms with Gasteiger partial charge in [0.2, 0.25) is 5.91 Å². The average molecular weight is 263 g/mol. The number of fused-ring (bicyclic) bond motifs is 1. The van der Waals surface area contributed by atoms with Gasteiger partial charge in [0.25, 0.3) is 0 Å². The summed E-state index contributed by atoms with van der Waals surface area (Å²) in [6.07, 6.45) is 0. The number of carbonyl (C=O) groups excluding carboxylic acids is 1. The summed E-state index contributed by atoms with van der Waals surface area (Å²) in [7, 11) is 0. The lowest BCUT2D eigenvalue weighted by Gasteiger charge is -2.43. The Morgan fingerprint density at radius 3 is 2.89 bits per heavy atom. The van der Waals surface area contributed by atoms with Crippen LogP contribution in [-0.4, -0.2) is 64.7 Å². The van der Waals surface area contributed by atoms with Crippen molar-refractivity contribution < 1.29 is 4.79 Å². The molecule has 1 aromatic rings. The number of carbonyl (C=O) groups is 1. The second kappa shape index (κ2) is 4.94. The Morgan fingerprint density at radius 2 is 2.16 bits per heavy atom. The molecule has 3 heterocycles. The third-order valence-corrected chi connectivity index (χ3v) is 4.24. The van der Waals surface area contributed by atoms with Gasteiger partial charge in [-0.3, -0.25) is 19.7 Å². The Balaban J connectivity index is 1.69. The quantitative estimate of drug-likeness (QED) is 0.765. The van der Waals surface area contributed by atoms with Crippen LogP contribution in [0.5, 0.6) is 0 Å². The van der Waals surface area contributed by atoms with E-state index in [9.17, 15) is 4.79 Å². The second-order valence-electron chi connectivity index (χ2n) is 5.49. The van der Waals surface area contributed by atoms with Gasteiger partial charge in [-0.05, 0) is 13.8 Å². The van der Waals surface area contributed by atoms with Gasteiger partial charge in [0, 0.05) is 50.5 Å². The van der Waals surface area contributed by atoms with E-state index in [0.29, 0.717) is 0 Å². The number of aromatic amines is 1. The van der Waals surface area contributed by atoms with Crippen LogP contribution in [0.4, 0.5) is 0 Å². The van der Waals surface area contributed by atoms with Crippen molar-refractivity contribution in [1.29, 1.82) is 0 Å². The molecule has 6 nitrogen and oxygen atoms in total. The van der Waals surface area contributed by atoms with Crippen LogP contribution < -0.4 is 5.32 Å². The number of hydrogen-bond donors (Lipinski definition) is 2. The first-order valence-corrected chi connectivity index (χ1v) is 6.89. The van der Waals surface area contributed by atoms with Crippen LogP contribution in [0.2, 0.25) is 0 Å². The Morgan fingerprint density at radius 1 is 1.32 bits per heavy atom. The van der Waals surface area contributed by atoms with Crippen LogP contribution in [0.1, 0.15) is 17.0 Å². The summed E-state index contributed by atoms with van der Waals surface area (Å²) in [6, 6.07) is 0.0232. The molecular weight excluding hydrogens is 242 g/mol. The van der Waals surface area contributed by atoms with E-state index in [1.165, 1.54) is 5.56 Å². The summed E-state index contributed by atoms with van der Waals surface area (Å²) in [6.45, 7) is 9.55. The van der Waals surface area contributed by atoms with E-state index in [-0.39, 0.29) is 11.9 Å². The molecule has 104 valence electrons. The van der Waals surface area contributed by atoms with Gasteiger partial charge in [0.1, 0.15) is 6.04 Å². The summed E-state index contributed by atoms with van der Waals surface area (Å²) in [5.74, 6) is 0.177. The van der Waals surface area contributed by atoms with Crippen molar-refractivity contribution in [3.63, 3.8) is 0 Å². The van der Waals surface area contributed by atoms with Crippen molar-refractivity contribution >= 4 is 5.91 Å². The highest BCUT2D eigenvalue weighted by Gasteiger charge is 2.34. The zero-order chi connectivity index (χ0) is 13.4. The minimum Gasteiger partial charge on any atom is -0.353 e. The Hall–Kier alpha value is -1.40. The molecule has 19 heavy (non-hydrogen) atoms. The van der Waals surface area contributed by atoms with E-state index in [2.05, 4.69) is 32.2 Å². The second-order valence-corrected chi connectivity index (χ2v) is 5.49. The molecule has 0 aromatic carbocycles. The maximum Gasteiger partial charge on any atom is 0.238 e. The predicted octanol–water partition coefficient (Wildman–Crippen LogP) is -0.357. The lowest BCUT2D eigenvalue weighted by atomic mass is 10.1. The van der Waals surface area contributed by atoms with Gasteiger partial charge in [0.15, 0.2) is 0 Å². The first-order valence-electron chi connectivity index (χ1n) is 6.89. The van der Waals surface area contributed by atoms with Gasteiger partial charge in [-0.15, -0.1) is 0 Å². The SMILES string of the molecule is Cc1n[nH]c(C)c1CN1CCN2CCNC(=O)C2C1. The molecule has 0 saturated carbocycles. The van der Waals surface area contributed by atoms with Crippen LogP contribution in [0, 0.1) is 13.8 Å². The summed E-state index contributed by atoms with van der Waals surface area (Å²) >= 11 is 0. The van der Waals surface area contributed by atoms with E-state index in [1.807, 2.05) is 6.92 Å². The lowest BCUT2D eigenvalue weighted by molar-refractivity contribution is -0.131. The largest absolute Gasteiger partial charge is 0.353 e. The third-order valence-electron chi connectivity index (χ3n) is 4.24. The number of nitrogens with zero attached hydrogens (tertiary/aromatic N) is 3. The monoisotopic (exact) mass is 263 g/mol. The summed E-state index contributed by atoms with van der Waals surface area (Å²) < 4.78 is 0. The number of hydrogen-bond acceptors (Lipinski definition) is 4. The predicted molar refractivity (Wildman–Crippen MR) is 71.7 cm³/mol. The highest BCUT2D eigenvalue weighted by molar-refractivity contribution is 5.82. The van der Waals surface area contributed by atoms with Crippen LogP contribution in [0.3, 0.4) is 0 Å². The molecule has 2 aliphatic heterocycles. The van der Waals surface area contributed by atoms with Gasteiger partial charge < -0.3 is 5.32 Å². The molecule has 1 aromatic heterocycles. The molecule has 6 heteroatoms. The van der Waals surface area contributed by atoms with Crippen molar-refractivity contribution in [2.45, 2.75) is 26.4 Å². The van der Waals surface area contributed by atoms with Crippen molar-refractivity contribution in [2.75, 3.05) is 32.7 Å². The fourth-order valence-corrected chi connectivity index (χ4v) is 3.01. The lowest BCUT2D eigenvalue weighted by Crippen LogP contribution is -2.63. The minimum atomic E-state index is 0.0232. The molecule has 0 aliphatic carbocycles. The van der Waals surface area contributed by atoms with E-state index >= 15 is 0 Å². The van der Waals surface area contributed by atoms with Crippen molar-refractivity contribution in [3.05, 3.63) is 17.0 Å². The highest BCUT2D eigenvalue weighted by atomic mass is 16.2. The number of amides is 1. The van der Waals surface area contributed by atoms with Gasteiger partial charge >= 0.3 is 0 Å². The molecule has 1 amide bonds. The Labute approximate surface area is 113 Å². The molecule has 1 atom stereocenters. The molecule has 2 fully saturated rings. The van der Waals surface area contributed by atoms with E-state index < -0.39 is 0 Å². The highest BCUT2D eigenvalue weighted by Crippen LogP contribution is 2.17. The molecule has 0 radical (unpaired) electrons. The van der Waals surface area contributed by atoms with E-state index in [0.717, 1.165) is 50.7 Å². The average Bonchev–Trinajstić information content (AvgIpc) is 2.72. The molecule has 1 unspecified atom stereocenters. The minimum absolute atomic E-state index is 0.0232. The molecular formula is C13H21N5O.